The van der Waals surface area contributed by atoms with Crippen molar-refractivity contribution in [1.29, 1.82) is 0 Å². The highest BCUT2D eigenvalue weighted by molar-refractivity contribution is 6.02. The van der Waals surface area contributed by atoms with Gasteiger partial charge < -0.3 is 19.4 Å². The third-order valence-corrected chi connectivity index (χ3v) is 7.24. The van der Waals surface area contributed by atoms with Gasteiger partial charge in [-0.05, 0) is 43.7 Å². The number of unbranched alkanes of at least 4 members (excludes halogenated alkanes) is 1. The first kappa shape index (κ1) is 21.8. The summed E-state index contributed by atoms with van der Waals surface area (Å²) < 4.78 is 11.6. The Hall–Kier alpha value is -3.72. The van der Waals surface area contributed by atoms with Crippen molar-refractivity contribution in [2.75, 3.05) is 33.4 Å². The number of aromatic amines is 2. The summed E-state index contributed by atoms with van der Waals surface area (Å²) in [4.78, 5) is 40.4. The summed E-state index contributed by atoms with van der Waals surface area (Å²) in [6.07, 6.45) is 4.52. The van der Waals surface area contributed by atoms with Crippen LogP contribution in [0, 0.1) is 5.92 Å². The van der Waals surface area contributed by atoms with Crippen molar-refractivity contribution in [1.82, 2.24) is 24.8 Å². The largest absolute Gasteiger partial charge is 0.496 e. The van der Waals surface area contributed by atoms with Gasteiger partial charge in [-0.15, -0.1) is 0 Å². The molecule has 4 aromatic rings. The minimum atomic E-state index is -0.533. The Morgan fingerprint density at radius 3 is 2.91 bits per heavy atom. The van der Waals surface area contributed by atoms with Crippen LogP contribution in [0.1, 0.15) is 30.1 Å². The van der Waals surface area contributed by atoms with Gasteiger partial charge in [0, 0.05) is 48.5 Å². The standard InChI is InChI=1S/C26H27N5O4/c1-34-20-5-4-6-21-23(20)18-13-31(12-15(18)14-35-21)10-3-2-7-22-27-11-17-19(28-22)9-8-16-24(17)29-26(33)30-25(16)32/h4-6,8-9,11,15,18H,2-3,7,10,12-14H2,1H3,(H2,29,30,32,33)/t15-,18-/m1/s1. The van der Waals surface area contributed by atoms with Crippen LogP contribution >= 0.6 is 0 Å². The average Bonchev–Trinajstić information content (AvgIpc) is 3.29. The molecule has 9 heteroatoms. The molecule has 0 radical (unpaired) electrons. The molecule has 1 fully saturated rings. The van der Waals surface area contributed by atoms with E-state index >= 15 is 0 Å². The second-order valence-electron chi connectivity index (χ2n) is 9.38. The molecule has 9 nitrogen and oxygen atoms in total. The predicted octanol–water partition coefficient (Wildman–Crippen LogP) is 2.60. The van der Waals surface area contributed by atoms with E-state index in [-0.39, 0.29) is 0 Å². The highest BCUT2D eigenvalue weighted by atomic mass is 16.5. The second kappa shape index (κ2) is 8.81. The zero-order valence-corrected chi connectivity index (χ0v) is 19.5. The summed E-state index contributed by atoms with van der Waals surface area (Å²) in [5.41, 5.74) is 1.47. The fourth-order valence-corrected chi connectivity index (χ4v) is 5.55. The first-order chi connectivity index (χ1) is 17.1. The molecule has 0 unspecified atom stereocenters. The van der Waals surface area contributed by atoms with Crippen LogP contribution < -0.4 is 20.7 Å². The Balaban J connectivity index is 1.09. The maximum Gasteiger partial charge on any atom is 0.326 e. The molecule has 2 N–H and O–H groups in total. The molecule has 0 bridgehead atoms. The number of hydrogen-bond acceptors (Lipinski definition) is 7. The van der Waals surface area contributed by atoms with Crippen molar-refractivity contribution in [3.8, 4) is 11.5 Å². The second-order valence-corrected chi connectivity index (χ2v) is 9.38. The van der Waals surface area contributed by atoms with E-state index in [2.05, 4.69) is 24.8 Å². The maximum atomic E-state index is 12.0. The summed E-state index contributed by atoms with van der Waals surface area (Å²) >= 11 is 0. The molecule has 180 valence electrons. The van der Waals surface area contributed by atoms with E-state index in [4.69, 9.17) is 9.47 Å². The van der Waals surface area contributed by atoms with Gasteiger partial charge in [-0.3, -0.25) is 9.78 Å². The molecule has 0 aliphatic carbocycles. The number of likely N-dealkylation sites (tertiary alicyclic amines) is 1. The summed E-state index contributed by atoms with van der Waals surface area (Å²) in [7, 11) is 1.72. The highest BCUT2D eigenvalue weighted by Crippen LogP contribution is 2.46. The van der Waals surface area contributed by atoms with E-state index in [1.165, 1.54) is 5.56 Å². The summed E-state index contributed by atoms with van der Waals surface area (Å²) in [6.45, 7) is 3.86. The van der Waals surface area contributed by atoms with Crippen LogP contribution in [-0.4, -0.2) is 58.2 Å². The Morgan fingerprint density at radius 2 is 2.03 bits per heavy atom. The molecule has 1 saturated heterocycles. The average molecular weight is 474 g/mol. The number of ether oxygens (including phenoxy) is 2. The number of aryl methyl sites for hydroxylation is 1. The number of rotatable bonds is 6. The SMILES string of the molecule is COc1cccc2c1[C@@H]1CN(CCCCc3ncc4c(ccc5c(=O)[nH]c(=O)[nH]c54)n3)C[C@@H]1CO2. The number of nitrogens with one attached hydrogen (secondary N) is 2. The molecule has 2 atom stereocenters. The molecule has 4 heterocycles. The molecule has 35 heavy (non-hydrogen) atoms. The van der Waals surface area contributed by atoms with E-state index < -0.39 is 11.2 Å². The number of fused-ring (bicyclic) bond motifs is 6. The van der Waals surface area contributed by atoms with Crippen LogP contribution in [0.2, 0.25) is 0 Å². The lowest BCUT2D eigenvalue weighted by molar-refractivity contribution is 0.209. The summed E-state index contributed by atoms with van der Waals surface area (Å²) in [6, 6.07) is 9.54. The zero-order valence-electron chi connectivity index (χ0n) is 19.5. The van der Waals surface area contributed by atoms with Crippen LogP contribution in [0.25, 0.3) is 21.8 Å². The van der Waals surface area contributed by atoms with E-state index in [1.54, 1.807) is 25.4 Å². The van der Waals surface area contributed by atoms with Crippen molar-refractivity contribution < 1.29 is 9.47 Å². The van der Waals surface area contributed by atoms with E-state index in [9.17, 15) is 9.59 Å². The monoisotopic (exact) mass is 473 g/mol. The Labute approximate surface area is 201 Å². The predicted molar refractivity (Wildman–Crippen MR) is 132 cm³/mol. The van der Waals surface area contributed by atoms with Gasteiger partial charge in [0.2, 0.25) is 0 Å². The molecule has 2 aromatic heterocycles. The van der Waals surface area contributed by atoms with Crippen LogP contribution in [0.15, 0.2) is 46.1 Å². The van der Waals surface area contributed by atoms with Gasteiger partial charge in [0.15, 0.2) is 0 Å². The number of nitrogens with zero attached hydrogens (tertiary/aromatic N) is 3. The molecule has 2 aliphatic heterocycles. The maximum absolute atomic E-state index is 12.0. The topological polar surface area (TPSA) is 113 Å². The Bertz CT molecular complexity index is 1510. The first-order valence-electron chi connectivity index (χ1n) is 12.0. The number of benzene rings is 2. The van der Waals surface area contributed by atoms with Crippen molar-refractivity contribution >= 4 is 21.8 Å². The fraction of sp³-hybridized carbons (Fsp3) is 0.385. The number of hydrogen-bond donors (Lipinski definition) is 2. The molecular weight excluding hydrogens is 446 g/mol. The van der Waals surface area contributed by atoms with Gasteiger partial charge in [-0.2, -0.15) is 0 Å². The first-order valence-corrected chi connectivity index (χ1v) is 12.0. The minimum absolute atomic E-state index is 0.412. The number of methoxy groups -OCH3 is 1. The van der Waals surface area contributed by atoms with Crippen LogP contribution in [0.5, 0.6) is 11.5 Å². The molecule has 0 amide bonds. The Morgan fingerprint density at radius 1 is 1.11 bits per heavy atom. The van der Waals surface area contributed by atoms with Gasteiger partial charge in [-0.1, -0.05) is 6.07 Å². The summed E-state index contributed by atoms with van der Waals surface area (Å²) in [5.74, 6) is 3.60. The van der Waals surface area contributed by atoms with Crippen molar-refractivity contribution in [3.05, 3.63) is 68.8 Å². The highest BCUT2D eigenvalue weighted by Gasteiger charge is 2.40. The molecule has 2 aliphatic rings. The van der Waals surface area contributed by atoms with Gasteiger partial charge >= 0.3 is 5.69 Å². The number of aromatic nitrogens is 4. The van der Waals surface area contributed by atoms with Gasteiger partial charge in [0.05, 0.1) is 30.1 Å². The van der Waals surface area contributed by atoms with Crippen LogP contribution in [0.3, 0.4) is 0 Å². The molecular formula is C26H27N5O4. The van der Waals surface area contributed by atoms with Crippen molar-refractivity contribution in [2.24, 2.45) is 5.92 Å². The smallest absolute Gasteiger partial charge is 0.326 e. The lowest BCUT2D eigenvalue weighted by Gasteiger charge is -2.29. The lowest BCUT2D eigenvalue weighted by atomic mass is 9.86. The Kier molecular flexibility index (Phi) is 5.49. The third kappa shape index (κ3) is 3.95. The van der Waals surface area contributed by atoms with E-state index in [0.717, 1.165) is 68.3 Å². The fourth-order valence-electron chi connectivity index (χ4n) is 5.55. The number of H-pyrrole nitrogens is 2. The van der Waals surface area contributed by atoms with Gasteiger partial charge in [0.25, 0.3) is 5.56 Å². The van der Waals surface area contributed by atoms with Gasteiger partial charge in [-0.25, -0.2) is 14.8 Å². The quantitative estimate of drug-likeness (QED) is 0.327. The minimum Gasteiger partial charge on any atom is -0.496 e. The molecule has 0 spiro atoms. The van der Waals surface area contributed by atoms with Gasteiger partial charge in [0.1, 0.15) is 17.3 Å². The summed E-state index contributed by atoms with van der Waals surface area (Å²) in [5, 5.41) is 1.09. The van der Waals surface area contributed by atoms with E-state index in [0.29, 0.717) is 28.1 Å². The lowest BCUT2D eigenvalue weighted by Crippen LogP contribution is -2.25. The normalized spacial score (nSPS) is 19.5. The molecule has 2 aromatic carbocycles. The van der Waals surface area contributed by atoms with E-state index in [1.807, 2.05) is 18.2 Å². The van der Waals surface area contributed by atoms with Crippen LogP contribution in [-0.2, 0) is 6.42 Å². The van der Waals surface area contributed by atoms with Crippen molar-refractivity contribution in [3.63, 3.8) is 0 Å². The molecule has 6 rings (SSSR count). The third-order valence-electron chi connectivity index (χ3n) is 7.24. The zero-order chi connectivity index (χ0) is 23.9. The molecule has 0 saturated carbocycles. The van der Waals surface area contributed by atoms with Crippen molar-refractivity contribution in [2.45, 2.75) is 25.2 Å². The van der Waals surface area contributed by atoms with Crippen LogP contribution in [0.4, 0.5) is 0 Å².